The molecule has 1 unspecified atom stereocenters. The number of nitrogens with zero attached hydrogens (tertiary/aromatic N) is 1. The fourth-order valence-electron chi connectivity index (χ4n) is 2.30. The van der Waals surface area contributed by atoms with E-state index in [1.807, 2.05) is 0 Å². The van der Waals surface area contributed by atoms with Crippen molar-refractivity contribution in [1.82, 2.24) is 4.31 Å². The number of piperidine rings is 1. The molecule has 0 saturated carbocycles. The molecule has 4 nitrogen and oxygen atoms in total. The third-order valence-corrected chi connectivity index (χ3v) is 6.03. The summed E-state index contributed by atoms with van der Waals surface area (Å²) in [5, 5.41) is 0.582. The van der Waals surface area contributed by atoms with Crippen LogP contribution in [0.2, 0.25) is 10.0 Å². The number of rotatable bonds is 3. The highest BCUT2D eigenvalue weighted by Crippen LogP contribution is 2.29. The van der Waals surface area contributed by atoms with Crippen molar-refractivity contribution in [2.75, 3.05) is 13.1 Å². The summed E-state index contributed by atoms with van der Waals surface area (Å²) in [6.07, 6.45) is 2.67. The van der Waals surface area contributed by atoms with Gasteiger partial charge in [0, 0.05) is 19.1 Å². The fourth-order valence-corrected chi connectivity index (χ4v) is 4.39. The van der Waals surface area contributed by atoms with E-state index in [1.165, 1.54) is 22.5 Å². The lowest BCUT2D eigenvalue weighted by Crippen LogP contribution is -2.47. The van der Waals surface area contributed by atoms with Crippen LogP contribution in [-0.4, -0.2) is 31.9 Å². The maximum atomic E-state index is 12.6. The van der Waals surface area contributed by atoms with Gasteiger partial charge in [-0.25, -0.2) is 8.42 Å². The van der Waals surface area contributed by atoms with Gasteiger partial charge in [0.1, 0.15) is 0 Å². The quantitative estimate of drug-likeness (QED) is 0.929. The molecule has 1 aliphatic heterocycles. The topological polar surface area (TPSA) is 63.4 Å². The molecule has 2 rings (SSSR count). The molecular formula is C12H16Cl2N2O2S. The molecule has 0 amide bonds. The minimum atomic E-state index is -3.55. The van der Waals surface area contributed by atoms with Gasteiger partial charge in [0.05, 0.1) is 14.9 Å². The van der Waals surface area contributed by atoms with Crippen LogP contribution in [0, 0.1) is 0 Å². The lowest BCUT2D eigenvalue weighted by atomic mass is 10.1. The molecule has 1 aromatic carbocycles. The highest BCUT2D eigenvalue weighted by Gasteiger charge is 2.32. The normalized spacial score (nSPS) is 21.5. The maximum Gasteiger partial charge on any atom is 0.243 e. The van der Waals surface area contributed by atoms with Crippen molar-refractivity contribution in [3.8, 4) is 0 Å². The molecule has 1 aromatic rings. The zero-order chi connectivity index (χ0) is 14.0. The van der Waals surface area contributed by atoms with Crippen molar-refractivity contribution >= 4 is 33.2 Å². The number of hydrogen-bond donors (Lipinski definition) is 1. The van der Waals surface area contributed by atoms with Crippen LogP contribution in [0.3, 0.4) is 0 Å². The molecule has 1 heterocycles. The first-order valence-corrected chi connectivity index (χ1v) is 8.33. The van der Waals surface area contributed by atoms with E-state index in [0.29, 0.717) is 18.1 Å². The summed E-state index contributed by atoms with van der Waals surface area (Å²) in [7, 11) is -3.55. The summed E-state index contributed by atoms with van der Waals surface area (Å²) in [5.74, 6) is 0. The standard InChI is InChI=1S/C12H16Cl2N2O2S/c13-11-5-4-10(7-12(11)14)19(17,18)16-6-2-1-3-9(16)8-15/h4-5,7,9H,1-3,6,8,15H2. The molecule has 0 aromatic heterocycles. The highest BCUT2D eigenvalue weighted by atomic mass is 35.5. The summed E-state index contributed by atoms with van der Waals surface area (Å²) in [4.78, 5) is 0.169. The number of hydrogen-bond acceptors (Lipinski definition) is 3. The summed E-state index contributed by atoms with van der Waals surface area (Å²) in [5.41, 5.74) is 5.67. The van der Waals surface area contributed by atoms with Gasteiger partial charge >= 0.3 is 0 Å². The third kappa shape index (κ3) is 3.06. The van der Waals surface area contributed by atoms with Gasteiger partial charge in [-0.15, -0.1) is 0 Å². The summed E-state index contributed by atoms with van der Waals surface area (Å²) >= 11 is 11.7. The van der Waals surface area contributed by atoms with Gasteiger partial charge in [0.25, 0.3) is 0 Å². The average molecular weight is 323 g/mol. The van der Waals surface area contributed by atoms with Gasteiger partial charge in [0.15, 0.2) is 0 Å². The zero-order valence-corrected chi connectivity index (χ0v) is 12.7. The van der Waals surface area contributed by atoms with Crippen LogP contribution in [0.1, 0.15) is 19.3 Å². The van der Waals surface area contributed by atoms with Crippen LogP contribution in [0.4, 0.5) is 0 Å². The summed E-state index contributed by atoms with van der Waals surface area (Å²) < 4.78 is 26.7. The van der Waals surface area contributed by atoms with Crippen LogP contribution in [0.25, 0.3) is 0 Å². The maximum absolute atomic E-state index is 12.6. The highest BCUT2D eigenvalue weighted by molar-refractivity contribution is 7.89. The van der Waals surface area contributed by atoms with E-state index in [-0.39, 0.29) is 16.0 Å². The Bertz CT molecular complexity index is 563. The van der Waals surface area contributed by atoms with Crippen LogP contribution in [0.5, 0.6) is 0 Å². The molecule has 2 N–H and O–H groups in total. The lowest BCUT2D eigenvalue weighted by molar-refractivity contribution is 0.257. The van der Waals surface area contributed by atoms with Crippen LogP contribution >= 0.6 is 23.2 Å². The molecule has 106 valence electrons. The van der Waals surface area contributed by atoms with Crippen molar-refractivity contribution in [3.63, 3.8) is 0 Å². The second-order valence-corrected chi connectivity index (χ2v) is 7.28. The Balaban J connectivity index is 2.37. The largest absolute Gasteiger partial charge is 0.329 e. The van der Waals surface area contributed by atoms with Crippen molar-refractivity contribution < 1.29 is 8.42 Å². The number of benzene rings is 1. The van der Waals surface area contributed by atoms with Gasteiger partial charge < -0.3 is 5.73 Å². The smallest absolute Gasteiger partial charge is 0.243 e. The second-order valence-electron chi connectivity index (χ2n) is 4.58. The van der Waals surface area contributed by atoms with Gasteiger partial charge in [-0.2, -0.15) is 4.31 Å². The first-order chi connectivity index (χ1) is 8.96. The van der Waals surface area contributed by atoms with Crippen LogP contribution < -0.4 is 5.73 Å². The number of sulfonamides is 1. The molecular weight excluding hydrogens is 307 g/mol. The predicted octanol–water partition coefficient (Wildman–Crippen LogP) is 2.50. The third-order valence-electron chi connectivity index (χ3n) is 3.34. The van der Waals surface area contributed by atoms with Crippen LogP contribution in [0.15, 0.2) is 23.1 Å². The van der Waals surface area contributed by atoms with Gasteiger partial charge in [-0.3, -0.25) is 0 Å². The zero-order valence-electron chi connectivity index (χ0n) is 10.4. The summed E-state index contributed by atoms with van der Waals surface area (Å²) in [6.45, 7) is 0.838. The number of halogens is 2. The Morgan fingerprint density at radius 2 is 2.00 bits per heavy atom. The molecule has 1 fully saturated rings. The van der Waals surface area contributed by atoms with E-state index < -0.39 is 10.0 Å². The average Bonchev–Trinajstić information content (AvgIpc) is 2.41. The molecule has 0 spiro atoms. The molecule has 7 heteroatoms. The van der Waals surface area contributed by atoms with Crippen molar-refractivity contribution in [2.24, 2.45) is 5.73 Å². The van der Waals surface area contributed by atoms with Gasteiger partial charge in [-0.1, -0.05) is 29.6 Å². The van der Waals surface area contributed by atoms with E-state index in [2.05, 4.69) is 0 Å². The Kier molecular flexibility index (Phi) is 4.74. The minimum Gasteiger partial charge on any atom is -0.329 e. The first kappa shape index (κ1) is 15.1. The Morgan fingerprint density at radius 1 is 1.26 bits per heavy atom. The van der Waals surface area contributed by atoms with E-state index in [4.69, 9.17) is 28.9 Å². The van der Waals surface area contributed by atoms with Crippen molar-refractivity contribution in [1.29, 1.82) is 0 Å². The monoisotopic (exact) mass is 322 g/mol. The lowest BCUT2D eigenvalue weighted by Gasteiger charge is -2.33. The Labute approximate surface area is 123 Å². The van der Waals surface area contributed by atoms with E-state index in [9.17, 15) is 8.42 Å². The molecule has 0 aliphatic carbocycles. The molecule has 19 heavy (non-hydrogen) atoms. The molecule has 0 bridgehead atoms. The first-order valence-electron chi connectivity index (χ1n) is 6.14. The molecule has 1 atom stereocenters. The minimum absolute atomic E-state index is 0.131. The fraction of sp³-hybridized carbons (Fsp3) is 0.500. The molecule has 1 aliphatic rings. The van der Waals surface area contributed by atoms with E-state index >= 15 is 0 Å². The van der Waals surface area contributed by atoms with Gasteiger partial charge in [-0.05, 0) is 31.0 Å². The van der Waals surface area contributed by atoms with E-state index in [0.717, 1.165) is 19.3 Å². The summed E-state index contributed by atoms with van der Waals surface area (Å²) in [6, 6.07) is 4.24. The molecule has 1 saturated heterocycles. The van der Waals surface area contributed by atoms with E-state index in [1.54, 1.807) is 0 Å². The van der Waals surface area contributed by atoms with Crippen molar-refractivity contribution in [2.45, 2.75) is 30.2 Å². The predicted molar refractivity (Wildman–Crippen MR) is 77.0 cm³/mol. The second kappa shape index (κ2) is 5.97. The number of nitrogens with two attached hydrogens (primary N) is 1. The van der Waals surface area contributed by atoms with Crippen LogP contribution in [-0.2, 0) is 10.0 Å². The Morgan fingerprint density at radius 3 is 2.63 bits per heavy atom. The Hall–Kier alpha value is -0.330. The molecule has 0 radical (unpaired) electrons. The van der Waals surface area contributed by atoms with Crippen molar-refractivity contribution in [3.05, 3.63) is 28.2 Å². The van der Waals surface area contributed by atoms with Gasteiger partial charge in [0.2, 0.25) is 10.0 Å². The SMILES string of the molecule is NCC1CCCCN1S(=O)(=O)c1ccc(Cl)c(Cl)c1.